The number of carbonyl (C=O) groups excluding carboxylic acids is 2. The van der Waals surface area contributed by atoms with Crippen LogP contribution in [0.5, 0.6) is 0 Å². The van der Waals surface area contributed by atoms with Crippen LogP contribution in [0.4, 0.5) is 5.69 Å². The molecular formula is C23H25N7O2. The molecule has 0 radical (unpaired) electrons. The van der Waals surface area contributed by atoms with Crippen molar-refractivity contribution in [3.63, 3.8) is 0 Å². The Balaban J connectivity index is 1.71. The van der Waals surface area contributed by atoms with Crippen LogP contribution in [0.15, 0.2) is 78.3 Å². The number of pyridine rings is 1. The maximum Gasteiger partial charge on any atom is 0.269 e. The van der Waals surface area contributed by atoms with Crippen molar-refractivity contribution in [3.8, 4) is 0 Å². The third kappa shape index (κ3) is 5.01. The van der Waals surface area contributed by atoms with Crippen LogP contribution >= 0.6 is 0 Å². The Labute approximate surface area is 186 Å². The summed E-state index contributed by atoms with van der Waals surface area (Å²) in [6.07, 6.45) is 6.98. The lowest BCUT2D eigenvalue weighted by molar-refractivity contribution is 0.0827. The van der Waals surface area contributed by atoms with Gasteiger partial charge >= 0.3 is 0 Å². The average molecular weight is 432 g/mol. The lowest BCUT2D eigenvalue weighted by Gasteiger charge is -2.23. The highest BCUT2D eigenvalue weighted by Crippen LogP contribution is 2.28. The van der Waals surface area contributed by atoms with Gasteiger partial charge in [0.2, 0.25) is 5.96 Å². The second-order valence-electron chi connectivity index (χ2n) is 7.11. The fourth-order valence-corrected chi connectivity index (χ4v) is 2.96. The number of allylic oxidation sites excluding steroid dienone is 3. The predicted molar refractivity (Wildman–Crippen MR) is 125 cm³/mol. The summed E-state index contributed by atoms with van der Waals surface area (Å²) < 4.78 is 0. The van der Waals surface area contributed by atoms with E-state index in [1.165, 1.54) is 11.1 Å². The van der Waals surface area contributed by atoms with Gasteiger partial charge in [0, 0.05) is 38.5 Å². The molecule has 9 heteroatoms. The minimum atomic E-state index is -0.272. The van der Waals surface area contributed by atoms with Crippen molar-refractivity contribution in [2.45, 2.75) is 0 Å². The Bertz CT molecular complexity index is 1110. The van der Waals surface area contributed by atoms with Crippen molar-refractivity contribution in [1.82, 2.24) is 20.2 Å². The number of guanidine groups is 1. The quantitative estimate of drug-likeness (QED) is 0.494. The molecule has 1 aliphatic heterocycles. The molecular weight excluding hydrogens is 406 g/mol. The number of rotatable bonds is 5. The van der Waals surface area contributed by atoms with E-state index in [9.17, 15) is 9.59 Å². The number of carbonyl (C=O) groups is 2. The zero-order valence-electron chi connectivity index (χ0n) is 18.2. The largest absolute Gasteiger partial charge is 0.368 e. The highest BCUT2D eigenvalue weighted by atomic mass is 16.2. The van der Waals surface area contributed by atoms with Crippen LogP contribution in [-0.2, 0) is 0 Å². The number of hydrogen-bond acceptors (Lipinski definition) is 5. The lowest BCUT2D eigenvalue weighted by atomic mass is 9.99. The summed E-state index contributed by atoms with van der Waals surface area (Å²) in [7, 11) is 4.97. The highest BCUT2D eigenvalue weighted by molar-refractivity contribution is 5.95. The van der Waals surface area contributed by atoms with E-state index >= 15 is 0 Å². The van der Waals surface area contributed by atoms with Crippen LogP contribution in [0, 0.1) is 0 Å². The normalized spacial score (nSPS) is 13.5. The van der Waals surface area contributed by atoms with E-state index in [0.717, 1.165) is 11.1 Å². The topological polar surface area (TPSA) is 116 Å². The van der Waals surface area contributed by atoms with Crippen molar-refractivity contribution in [3.05, 3.63) is 90.0 Å². The number of nitrogens with one attached hydrogen (secondary N) is 2. The molecule has 0 saturated heterocycles. The van der Waals surface area contributed by atoms with E-state index < -0.39 is 0 Å². The Hall–Kier alpha value is -4.40. The molecule has 4 N–H and O–H groups in total. The van der Waals surface area contributed by atoms with Gasteiger partial charge < -0.3 is 21.3 Å². The van der Waals surface area contributed by atoms with E-state index in [1.54, 1.807) is 56.6 Å². The molecule has 9 nitrogen and oxygen atoms in total. The van der Waals surface area contributed by atoms with Crippen molar-refractivity contribution in [2.24, 2.45) is 10.8 Å². The zero-order valence-corrected chi connectivity index (χ0v) is 18.2. The fraction of sp³-hybridized carbons (Fsp3) is 0.130. The molecule has 1 aromatic heterocycles. The van der Waals surface area contributed by atoms with Gasteiger partial charge in [-0.25, -0.2) is 9.99 Å². The summed E-state index contributed by atoms with van der Waals surface area (Å²) >= 11 is 0. The van der Waals surface area contributed by atoms with E-state index in [-0.39, 0.29) is 17.8 Å². The minimum absolute atomic E-state index is 0.0594. The molecule has 0 atom stereocenters. The van der Waals surface area contributed by atoms with Crippen molar-refractivity contribution in [1.29, 1.82) is 0 Å². The number of amides is 2. The maximum atomic E-state index is 12.1. The molecule has 164 valence electrons. The number of anilines is 1. The van der Waals surface area contributed by atoms with Crippen molar-refractivity contribution in [2.75, 3.05) is 26.5 Å². The molecule has 0 fully saturated rings. The summed E-state index contributed by atoms with van der Waals surface area (Å²) in [6.45, 7) is 4.12. The molecule has 2 amide bonds. The van der Waals surface area contributed by atoms with Crippen LogP contribution in [-0.4, -0.2) is 53.8 Å². The number of hydrazone groups is 1. The Morgan fingerprint density at radius 1 is 1.16 bits per heavy atom. The third-order valence-electron chi connectivity index (χ3n) is 4.64. The van der Waals surface area contributed by atoms with Gasteiger partial charge in [0.15, 0.2) is 0 Å². The van der Waals surface area contributed by atoms with Crippen LogP contribution < -0.4 is 16.4 Å². The van der Waals surface area contributed by atoms with Gasteiger partial charge in [-0.1, -0.05) is 24.8 Å². The van der Waals surface area contributed by atoms with Gasteiger partial charge in [0.05, 0.1) is 17.6 Å². The Morgan fingerprint density at radius 2 is 1.88 bits per heavy atom. The predicted octanol–water partition coefficient (Wildman–Crippen LogP) is 2.21. The Morgan fingerprint density at radius 3 is 2.47 bits per heavy atom. The van der Waals surface area contributed by atoms with Gasteiger partial charge in [0.25, 0.3) is 11.8 Å². The van der Waals surface area contributed by atoms with E-state index in [1.807, 2.05) is 24.3 Å². The van der Waals surface area contributed by atoms with E-state index in [4.69, 9.17) is 5.73 Å². The monoisotopic (exact) mass is 431 g/mol. The molecule has 0 unspecified atom stereocenters. The summed E-state index contributed by atoms with van der Waals surface area (Å²) in [4.78, 5) is 29.3. The van der Waals surface area contributed by atoms with Crippen LogP contribution in [0.3, 0.4) is 0 Å². The second-order valence-corrected chi connectivity index (χ2v) is 7.11. The van der Waals surface area contributed by atoms with E-state index in [0.29, 0.717) is 22.6 Å². The number of aromatic nitrogens is 1. The second kappa shape index (κ2) is 9.61. The molecule has 2 aromatic rings. The first-order valence-electron chi connectivity index (χ1n) is 9.78. The first kappa shape index (κ1) is 22.3. The summed E-state index contributed by atoms with van der Waals surface area (Å²) in [6, 6.07) is 10.6. The Kier molecular flexibility index (Phi) is 6.69. The SMILES string of the molecule is C=C1C(c2ccc(C(=O)N(C)C)cc2)=CC=CN1/N=C(\N)Nc1ccc(C(=O)NC)nc1. The number of nitrogens with two attached hydrogens (primary N) is 1. The molecule has 0 bridgehead atoms. The first-order chi connectivity index (χ1) is 15.3. The average Bonchev–Trinajstić information content (AvgIpc) is 2.80. The van der Waals surface area contributed by atoms with Crippen LogP contribution in [0.1, 0.15) is 26.4 Å². The van der Waals surface area contributed by atoms with Gasteiger partial charge in [-0.15, -0.1) is 5.10 Å². The third-order valence-corrected chi connectivity index (χ3v) is 4.64. The molecule has 0 saturated carbocycles. The standard InChI is InChI=1S/C23H25N7O2/c1-15-19(16-7-9-17(10-8-16)22(32)29(3)4)6-5-13-30(15)28-23(24)27-18-11-12-20(26-14-18)21(31)25-2/h5-14H,1H2,2-4H3,(H,25,31)(H3,24,27,28). The molecule has 1 aliphatic rings. The molecule has 0 aliphatic carbocycles. The molecule has 0 spiro atoms. The van der Waals surface area contributed by atoms with Crippen LogP contribution in [0.2, 0.25) is 0 Å². The highest BCUT2D eigenvalue weighted by Gasteiger charge is 2.16. The molecule has 32 heavy (non-hydrogen) atoms. The zero-order chi connectivity index (χ0) is 23.3. The molecule has 3 rings (SSSR count). The maximum absolute atomic E-state index is 12.1. The van der Waals surface area contributed by atoms with Gasteiger partial charge in [-0.2, -0.15) is 0 Å². The molecule has 1 aromatic carbocycles. The first-order valence-corrected chi connectivity index (χ1v) is 9.78. The molecule has 2 heterocycles. The number of hydrogen-bond donors (Lipinski definition) is 3. The fourth-order valence-electron chi connectivity index (χ4n) is 2.96. The van der Waals surface area contributed by atoms with Crippen molar-refractivity contribution >= 4 is 29.0 Å². The smallest absolute Gasteiger partial charge is 0.269 e. The summed E-state index contributed by atoms with van der Waals surface area (Å²) in [5.74, 6) is -0.208. The van der Waals surface area contributed by atoms with Gasteiger partial charge in [-0.3, -0.25) is 9.59 Å². The van der Waals surface area contributed by atoms with E-state index in [2.05, 4.69) is 27.3 Å². The number of benzene rings is 1. The van der Waals surface area contributed by atoms with Crippen molar-refractivity contribution < 1.29 is 9.59 Å². The lowest BCUT2D eigenvalue weighted by Crippen LogP contribution is -2.27. The number of nitrogens with zero attached hydrogens (tertiary/aromatic N) is 4. The van der Waals surface area contributed by atoms with Gasteiger partial charge in [0.1, 0.15) is 5.69 Å². The summed E-state index contributed by atoms with van der Waals surface area (Å²) in [5.41, 5.74) is 9.91. The van der Waals surface area contributed by atoms with Gasteiger partial charge in [-0.05, 0) is 35.9 Å². The minimum Gasteiger partial charge on any atom is -0.368 e. The summed E-state index contributed by atoms with van der Waals surface area (Å²) in [5, 5.41) is 11.4. The van der Waals surface area contributed by atoms with Crippen LogP contribution in [0.25, 0.3) is 5.57 Å².